The predicted octanol–water partition coefficient (Wildman–Crippen LogP) is 3.58. The van der Waals surface area contributed by atoms with E-state index in [4.69, 9.17) is 9.97 Å². The minimum atomic E-state index is 0.0311. The van der Waals surface area contributed by atoms with Gasteiger partial charge in [-0.25, -0.2) is 9.97 Å². The Labute approximate surface area is 188 Å². The first-order chi connectivity index (χ1) is 14.8. The van der Waals surface area contributed by atoms with Crippen molar-refractivity contribution in [3.63, 3.8) is 0 Å². The molecule has 6 nitrogen and oxygen atoms in total. The van der Waals surface area contributed by atoms with Gasteiger partial charge in [-0.3, -0.25) is 14.6 Å². The second kappa shape index (κ2) is 9.53. The molecule has 0 radical (unpaired) electrons. The first-order valence-electron chi connectivity index (χ1n) is 12.4. The van der Waals surface area contributed by atoms with Crippen molar-refractivity contribution in [2.24, 2.45) is 11.8 Å². The van der Waals surface area contributed by atoms with Gasteiger partial charge in [0.2, 0.25) is 5.95 Å². The minimum absolute atomic E-state index is 0.0311. The summed E-state index contributed by atoms with van der Waals surface area (Å²) in [6.45, 7) is 16.1. The van der Waals surface area contributed by atoms with E-state index in [9.17, 15) is 4.79 Å². The topological polar surface area (TPSA) is 52.6 Å². The van der Waals surface area contributed by atoms with Crippen LogP contribution in [0.1, 0.15) is 71.8 Å². The van der Waals surface area contributed by atoms with Crippen molar-refractivity contribution in [2.45, 2.75) is 84.3 Å². The SMILES string of the molecule is CC(C)C(=O)[C@H](C)N1CCC(c2cnc(N3CC4CCN(C(C)C)CC3C4)nc2)CC1. The van der Waals surface area contributed by atoms with Crippen molar-refractivity contribution in [2.75, 3.05) is 37.6 Å². The number of likely N-dealkylation sites (tertiary alicyclic amines) is 2. The number of Topliss-reactive ketones (excluding diaryl/α,β-unsaturated/α-hetero) is 1. The van der Waals surface area contributed by atoms with Gasteiger partial charge in [0, 0.05) is 43.5 Å². The molecule has 1 aromatic rings. The monoisotopic (exact) mass is 427 g/mol. The quantitative estimate of drug-likeness (QED) is 0.692. The Bertz CT molecular complexity index is 741. The van der Waals surface area contributed by atoms with Gasteiger partial charge < -0.3 is 4.90 Å². The number of carbonyl (C=O) groups excluding carboxylic acids is 1. The van der Waals surface area contributed by atoms with Crippen LogP contribution < -0.4 is 4.90 Å². The van der Waals surface area contributed by atoms with E-state index >= 15 is 0 Å². The van der Waals surface area contributed by atoms with Gasteiger partial charge in [-0.1, -0.05) is 13.8 Å². The number of carbonyl (C=O) groups is 1. The number of ketones is 1. The molecule has 3 aliphatic rings. The fourth-order valence-electron chi connectivity index (χ4n) is 5.79. The van der Waals surface area contributed by atoms with Gasteiger partial charge in [-0.2, -0.15) is 0 Å². The van der Waals surface area contributed by atoms with E-state index in [-0.39, 0.29) is 12.0 Å². The number of anilines is 1. The summed E-state index contributed by atoms with van der Waals surface area (Å²) in [7, 11) is 0. The third-order valence-corrected chi connectivity index (χ3v) is 7.95. The van der Waals surface area contributed by atoms with Crippen molar-refractivity contribution in [1.29, 1.82) is 0 Å². The largest absolute Gasteiger partial charge is 0.336 e. The summed E-state index contributed by atoms with van der Waals surface area (Å²) in [5, 5.41) is 0. The number of nitrogens with zero attached hydrogens (tertiary/aromatic N) is 5. The number of hydrogen-bond acceptors (Lipinski definition) is 6. The summed E-state index contributed by atoms with van der Waals surface area (Å²) in [6, 6.07) is 1.18. The molecule has 2 unspecified atom stereocenters. The smallest absolute Gasteiger partial charge is 0.225 e. The Hall–Kier alpha value is -1.53. The lowest BCUT2D eigenvalue weighted by Gasteiger charge is -2.36. The van der Waals surface area contributed by atoms with Gasteiger partial charge in [0.05, 0.1) is 6.04 Å². The van der Waals surface area contributed by atoms with Gasteiger partial charge >= 0.3 is 0 Å². The Kier molecular flexibility index (Phi) is 6.97. The molecule has 0 aromatic carbocycles. The van der Waals surface area contributed by atoms with E-state index < -0.39 is 0 Å². The lowest BCUT2D eigenvalue weighted by Crippen LogP contribution is -2.45. The molecule has 0 amide bonds. The summed E-state index contributed by atoms with van der Waals surface area (Å²) in [5.74, 6) is 2.65. The number of rotatable bonds is 6. The standard InChI is InChI=1S/C25H41N5O/c1-17(2)24(31)19(5)28-10-7-21(8-11-28)22-13-26-25(27-14-22)30-15-20-6-9-29(18(3)4)16-23(30)12-20/h13-14,17-21,23H,6-12,15-16H2,1-5H3/t19-,20?,23?/m0/s1. The Morgan fingerprint density at radius 1 is 0.935 bits per heavy atom. The van der Waals surface area contributed by atoms with Crippen LogP contribution in [-0.2, 0) is 4.79 Å². The van der Waals surface area contributed by atoms with E-state index in [0.29, 0.717) is 23.8 Å². The van der Waals surface area contributed by atoms with Crippen LogP contribution in [0.25, 0.3) is 0 Å². The highest BCUT2D eigenvalue weighted by Gasteiger charge is 2.38. The van der Waals surface area contributed by atoms with Crippen LogP contribution in [0, 0.1) is 11.8 Å². The molecular weight excluding hydrogens is 386 g/mol. The summed E-state index contributed by atoms with van der Waals surface area (Å²) < 4.78 is 0. The predicted molar refractivity (Wildman–Crippen MR) is 125 cm³/mol. The fourth-order valence-corrected chi connectivity index (χ4v) is 5.79. The van der Waals surface area contributed by atoms with Crippen LogP contribution in [0.4, 0.5) is 5.95 Å². The zero-order valence-electron chi connectivity index (χ0n) is 20.1. The summed E-state index contributed by atoms with van der Waals surface area (Å²) in [4.78, 5) is 29.4. The highest BCUT2D eigenvalue weighted by atomic mass is 16.1. The molecule has 4 heterocycles. The molecule has 4 rings (SSSR count). The highest BCUT2D eigenvalue weighted by molar-refractivity contribution is 5.85. The summed E-state index contributed by atoms with van der Waals surface area (Å²) in [6.07, 6.45) is 8.87. The number of fused-ring (bicyclic) bond motifs is 2. The average molecular weight is 428 g/mol. The third kappa shape index (κ3) is 4.95. The molecule has 2 bridgehead atoms. The number of hydrogen-bond donors (Lipinski definition) is 0. The molecule has 3 saturated heterocycles. The average Bonchev–Trinajstić information content (AvgIpc) is 3.04. The lowest BCUT2D eigenvalue weighted by molar-refractivity contribution is -0.127. The van der Waals surface area contributed by atoms with Crippen molar-refractivity contribution in [1.82, 2.24) is 19.8 Å². The van der Waals surface area contributed by atoms with Gasteiger partial charge in [0.15, 0.2) is 5.78 Å². The van der Waals surface area contributed by atoms with Gasteiger partial charge in [-0.05, 0) is 83.5 Å². The van der Waals surface area contributed by atoms with Crippen molar-refractivity contribution >= 4 is 11.7 Å². The van der Waals surface area contributed by atoms with Crippen LogP contribution in [0.5, 0.6) is 0 Å². The van der Waals surface area contributed by atoms with Crippen molar-refractivity contribution in [3.05, 3.63) is 18.0 Å². The van der Waals surface area contributed by atoms with Gasteiger partial charge in [-0.15, -0.1) is 0 Å². The maximum Gasteiger partial charge on any atom is 0.225 e. The van der Waals surface area contributed by atoms with Crippen LogP contribution >= 0.6 is 0 Å². The third-order valence-electron chi connectivity index (χ3n) is 7.95. The second-order valence-electron chi connectivity index (χ2n) is 10.6. The summed E-state index contributed by atoms with van der Waals surface area (Å²) >= 11 is 0. The fraction of sp³-hybridized carbons (Fsp3) is 0.800. The van der Waals surface area contributed by atoms with Crippen LogP contribution in [0.15, 0.2) is 12.4 Å². The molecule has 172 valence electrons. The van der Waals surface area contributed by atoms with Crippen LogP contribution in [0.3, 0.4) is 0 Å². The molecule has 6 heteroatoms. The molecule has 0 saturated carbocycles. The molecule has 31 heavy (non-hydrogen) atoms. The molecule has 0 N–H and O–H groups in total. The molecule has 3 aliphatic heterocycles. The molecule has 1 aromatic heterocycles. The van der Waals surface area contributed by atoms with E-state index in [1.807, 2.05) is 13.8 Å². The Morgan fingerprint density at radius 3 is 2.19 bits per heavy atom. The number of piperidine rings is 1. The molecule has 3 atom stereocenters. The highest BCUT2D eigenvalue weighted by Crippen LogP contribution is 2.34. The first-order valence-corrected chi connectivity index (χ1v) is 12.4. The van der Waals surface area contributed by atoms with E-state index in [1.54, 1.807) is 0 Å². The van der Waals surface area contributed by atoms with Gasteiger partial charge in [0.25, 0.3) is 0 Å². The van der Waals surface area contributed by atoms with Crippen molar-refractivity contribution < 1.29 is 4.79 Å². The van der Waals surface area contributed by atoms with E-state index in [0.717, 1.165) is 50.9 Å². The van der Waals surface area contributed by atoms with E-state index in [1.165, 1.54) is 24.9 Å². The minimum Gasteiger partial charge on any atom is -0.336 e. The first kappa shape index (κ1) is 22.7. The zero-order chi connectivity index (χ0) is 22.1. The van der Waals surface area contributed by atoms with E-state index in [2.05, 4.69) is 47.9 Å². The molecule has 3 fully saturated rings. The summed E-state index contributed by atoms with van der Waals surface area (Å²) in [5.41, 5.74) is 1.26. The zero-order valence-corrected chi connectivity index (χ0v) is 20.1. The Balaban J connectivity index is 1.36. The molecular formula is C25H41N5O. The maximum absolute atomic E-state index is 12.3. The normalized spacial score (nSPS) is 27.1. The second-order valence-corrected chi connectivity index (χ2v) is 10.6. The lowest BCUT2D eigenvalue weighted by atomic mass is 9.89. The van der Waals surface area contributed by atoms with Crippen molar-refractivity contribution in [3.8, 4) is 0 Å². The number of aromatic nitrogens is 2. The van der Waals surface area contributed by atoms with Gasteiger partial charge in [0.1, 0.15) is 0 Å². The maximum atomic E-state index is 12.3. The molecule has 0 spiro atoms. The van der Waals surface area contributed by atoms with Crippen LogP contribution in [0.2, 0.25) is 0 Å². The molecule has 0 aliphatic carbocycles. The van der Waals surface area contributed by atoms with Crippen LogP contribution in [-0.4, -0.2) is 76.4 Å². The Morgan fingerprint density at radius 2 is 1.58 bits per heavy atom.